The number of ether oxygens (including phenoxy) is 1. The van der Waals surface area contributed by atoms with Gasteiger partial charge in [0.2, 0.25) is 5.91 Å². The van der Waals surface area contributed by atoms with Gasteiger partial charge in [0.15, 0.2) is 0 Å². The van der Waals surface area contributed by atoms with Crippen LogP contribution in [0.25, 0.3) is 0 Å². The summed E-state index contributed by atoms with van der Waals surface area (Å²) >= 11 is 0. The molecule has 1 amide bonds. The first kappa shape index (κ1) is 15.7. The number of piperidine rings is 1. The Morgan fingerprint density at radius 2 is 2.30 bits per heavy atom. The summed E-state index contributed by atoms with van der Waals surface area (Å²) in [7, 11) is 0. The van der Waals surface area contributed by atoms with E-state index in [2.05, 4.69) is 17.6 Å². The Hall–Kier alpha value is -0.650. The molecule has 0 radical (unpaired) electrons. The van der Waals surface area contributed by atoms with Crippen LogP contribution in [-0.2, 0) is 9.53 Å². The van der Waals surface area contributed by atoms with Crippen LogP contribution in [-0.4, -0.2) is 49.0 Å². The van der Waals surface area contributed by atoms with Gasteiger partial charge in [-0.05, 0) is 25.2 Å². The van der Waals surface area contributed by atoms with E-state index in [0.29, 0.717) is 32.2 Å². The number of hydrogen-bond acceptors (Lipinski definition) is 4. The molecule has 5 heteroatoms. The van der Waals surface area contributed by atoms with Crippen molar-refractivity contribution in [1.29, 1.82) is 0 Å². The molecule has 5 nitrogen and oxygen atoms in total. The number of carbonyl (C=O) groups is 1. The molecule has 0 bridgehead atoms. The molecule has 0 aromatic rings. The maximum atomic E-state index is 11.0. The predicted molar refractivity (Wildman–Crippen MR) is 77.4 cm³/mol. The van der Waals surface area contributed by atoms with Crippen molar-refractivity contribution in [3.8, 4) is 0 Å². The van der Waals surface area contributed by atoms with E-state index >= 15 is 0 Å². The molecule has 0 aromatic carbocycles. The molecule has 2 aliphatic rings. The van der Waals surface area contributed by atoms with Crippen LogP contribution in [0.3, 0.4) is 0 Å². The van der Waals surface area contributed by atoms with E-state index in [9.17, 15) is 9.90 Å². The van der Waals surface area contributed by atoms with Gasteiger partial charge in [-0.2, -0.15) is 0 Å². The third-order valence-corrected chi connectivity index (χ3v) is 4.32. The monoisotopic (exact) mass is 284 g/mol. The van der Waals surface area contributed by atoms with Gasteiger partial charge >= 0.3 is 0 Å². The van der Waals surface area contributed by atoms with Crippen molar-refractivity contribution in [2.75, 3.05) is 19.7 Å². The lowest BCUT2D eigenvalue weighted by Crippen LogP contribution is -2.48. The van der Waals surface area contributed by atoms with Crippen LogP contribution in [0.2, 0.25) is 0 Å². The minimum absolute atomic E-state index is 0.123. The molecule has 2 rings (SSSR count). The van der Waals surface area contributed by atoms with E-state index in [-0.39, 0.29) is 11.9 Å². The smallest absolute Gasteiger partial charge is 0.220 e. The molecule has 2 fully saturated rings. The Morgan fingerprint density at radius 1 is 1.45 bits per heavy atom. The summed E-state index contributed by atoms with van der Waals surface area (Å²) < 4.78 is 5.81. The molecule has 1 saturated heterocycles. The average Bonchev–Trinajstić information content (AvgIpc) is 2.45. The SMILES string of the molecule is CC1CCCC(OCC(O)CNC2CCC(=O)NC2)C1. The molecule has 0 spiro atoms. The Morgan fingerprint density at radius 3 is 3.00 bits per heavy atom. The van der Waals surface area contributed by atoms with E-state index in [1.54, 1.807) is 0 Å². The maximum Gasteiger partial charge on any atom is 0.220 e. The number of aliphatic hydroxyl groups excluding tert-OH is 1. The van der Waals surface area contributed by atoms with Gasteiger partial charge in [0, 0.05) is 25.6 Å². The quantitative estimate of drug-likeness (QED) is 0.675. The average molecular weight is 284 g/mol. The predicted octanol–water partition coefficient (Wildman–Crippen LogP) is 0.811. The Labute approximate surface area is 121 Å². The highest BCUT2D eigenvalue weighted by molar-refractivity contribution is 5.76. The van der Waals surface area contributed by atoms with Gasteiger partial charge in [-0.3, -0.25) is 4.79 Å². The highest BCUT2D eigenvalue weighted by Gasteiger charge is 2.21. The van der Waals surface area contributed by atoms with Crippen LogP contribution in [0.4, 0.5) is 0 Å². The third kappa shape index (κ3) is 5.38. The molecule has 4 unspecified atom stereocenters. The molecule has 3 N–H and O–H groups in total. The fourth-order valence-electron chi connectivity index (χ4n) is 3.05. The Kier molecular flexibility index (Phi) is 6.26. The summed E-state index contributed by atoms with van der Waals surface area (Å²) in [6, 6.07) is 0.275. The first-order valence-corrected chi connectivity index (χ1v) is 7.93. The van der Waals surface area contributed by atoms with Gasteiger partial charge in [-0.1, -0.05) is 19.8 Å². The van der Waals surface area contributed by atoms with Gasteiger partial charge in [-0.15, -0.1) is 0 Å². The topological polar surface area (TPSA) is 70.6 Å². The van der Waals surface area contributed by atoms with Crippen LogP contribution in [0.15, 0.2) is 0 Å². The van der Waals surface area contributed by atoms with Crippen LogP contribution in [0.5, 0.6) is 0 Å². The van der Waals surface area contributed by atoms with Crippen molar-refractivity contribution in [3.05, 3.63) is 0 Å². The number of amides is 1. The van der Waals surface area contributed by atoms with E-state index < -0.39 is 6.10 Å². The maximum absolute atomic E-state index is 11.0. The lowest BCUT2D eigenvalue weighted by molar-refractivity contribution is -0.122. The second-order valence-corrected chi connectivity index (χ2v) is 6.33. The van der Waals surface area contributed by atoms with E-state index in [1.807, 2.05) is 0 Å². The van der Waals surface area contributed by atoms with Crippen molar-refractivity contribution >= 4 is 5.91 Å². The number of rotatable bonds is 6. The van der Waals surface area contributed by atoms with Gasteiger partial charge in [0.05, 0.1) is 18.8 Å². The largest absolute Gasteiger partial charge is 0.389 e. The summed E-state index contributed by atoms with van der Waals surface area (Å²) in [6.45, 7) is 3.86. The number of aliphatic hydroxyl groups is 1. The fourth-order valence-corrected chi connectivity index (χ4v) is 3.05. The zero-order valence-corrected chi connectivity index (χ0v) is 12.4. The molecular weight excluding hydrogens is 256 g/mol. The lowest BCUT2D eigenvalue weighted by atomic mass is 9.89. The van der Waals surface area contributed by atoms with E-state index in [4.69, 9.17) is 4.74 Å². The molecule has 1 heterocycles. The second kappa shape index (κ2) is 7.96. The molecule has 20 heavy (non-hydrogen) atoms. The Balaban J connectivity index is 1.56. The van der Waals surface area contributed by atoms with Crippen molar-refractivity contribution in [2.45, 2.75) is 63.7 Å². The Bertz CT molecular complexity index is 301. The standard InChI is InChI=1S/C15H28N2O3/c1-11-3-2-4-14(7-11)20-10-13(18)9-16-12-5-6-15(19)17-8-12/h11-14,16,18H,2-10H2,1H3,(H,17,19). The summed E-state index contributed by atoms with van der Waals surface area (Å²) in [5, 5.41) is 16.1. The van der Waals surface area contributed by atoms with Gasteiger partial charge in [0.25, 0.3) is 0 Å². The van der Waals surface area contributed by atoms with Gasteiger partial charge in [0.1, 0.15) is 0 Å². The molecule has 1 saturated carbocycles. The fraction of sp³-hybridized carbons (Fsp3) is 0.933. The molecule has 1 aliphatic heterocycles. The zero-order valence-electron chi connectivity index (χ0n) is 12.4. The minimum atomic E-state index is -0.468. The molecular formula is C15H28N2O3. The van der Waals surface area contributed by atoms with Crippen LogP contribution in [0.1, 0.15) is 45.4 Å². The number of nitrogens with one attached hydrogen (secondary N) is 2. The molecule has 116 valence electrons. The van der Waals surface area contributed by atoms with Crippen molar-refractivity contribution in [2.24, 2.45) is 5.92 Å². The van der Waals surface area contributed by atoms with E-state index in [1.165, 1.54) is 12.8 Å². The number of hydrogen-bond donors (Lipinski definition) is 3. The van der Waals surface area contributed by atoms with Gasteiger partial charge < -0.3 is 20.5 Å². The van der Waals surface area contributed by atoms with Crippen molar-refractivity contribution in [1.82, 2.24) is 10.6 Å². The van der Waals surface area contributed by atoms with Crippen LogP contribution in [0, 0.1) is 5.92 Å². The highest BCUT2D eigenvalue weighted by atomic mass is 16.5. The summed E-state index contributed by atoms with van der Waals surface area (Å²) in [4.78, 5) is 11.0. The van der Waals surface area contributed by atoms with Crippen LogP contribution >= 0.6 is 0 Å². The van der Waals surface area contributed by atoms with Crippen LogP contribution < -0.4 is 10.6 Å². The third-order valence-electron chi connectivity index (χ3n) is 4.32. The first-order valence-electron chi connectivity index (χ1n) is 7.93. The molecule has 1 aliphatic carbocycles. The first-order chi connectivity index (χ1) is 9.63. The number of carbonyl (C=O) groups excluding carboxylic acids is 1. The molecule has 4 atom stereocenters. The van der Waals surface area contributed by atoms with Gasteiger partial charge in [-0.25, -0.2) is 0 Å². The highest BCUT2D eigenvalue weighted by Crippen LogP contribution is 2.25. The van der Waals surface area contributed by atoms with Crippen molar-refractivity contribution in [3.63, 3.8) is 0 Å². The molecule has 0 aromatic heterocycles. The summed E-state index contributed by atoms with van der Waals surface area (Å²) in [5.41, 5.74) is 0. The summed E-state index contributed by atoms with van der Waals surface area (Å²) in [6.07, 6.45) is 6.06. The minimum Gasteiger partial charge on any atom is -0.389 e. The van der Waals surface area contributed by atoms with E-state index in [0.717, 1.165) is 25.2 Å². The summed E-state index contributed by atoms with van der Waals surface area (Å²) in [5.74, 6) is 0.869. The zero-order chi connectivity index (χ0) is 14.4. The second-order valence-electron chi connectivity index (χ2n) is 6.33. The normalized spacial score (nSPS) is 32.7. The van der Waals surface area contributed by atoms with Crippen molar-refractivity contribution < 1.29 is 14.6 Å². The lowest BCUT2D eigenvalue weighted by Gasteiger charge is -2.28.